The van der Waals surface area contributed by atoms with E-state index in [1.54, 1.807) is 6.20 Å². The van der Waals surface area contributed by atoms with Gasteiger partial charge in [0.15, 0.2) is 0 Å². The lowest BCUT2D eigenvalue weighted by molar-refractivity contribution is 0.299. The SMILES string of the molecule is CNC(CN1CCCC1)c1cccc(-c2ccnc(Cl)c2)c1. The van der Waals surface area contributed by atoms with Gasteiger partial charge in [-0.2, -0.15) is 0 Å². The maximum atomic E-state index is 6.01. The fourth-order valence-corrected chi connectivity index (χ4v) is 3.28. The first kappa shape index (κ1) is 15.5. The molecule has 4 heteroatoms. The molecule has 2 aromatic rings. The number of benzene rings is 1. The van der Waals surface area contributed by atoms with Crippen LogP contribution in [0.1, 0.15) is 24.4 Å². The van der Waals surface area contributed by atoms with Crippen LogP contribution in [0.2, 0.25) is 5.15 Å². The largest absolute Gasteiger partial charge is 0.312 e. The molecule has 0 bridgehead atoms. The third-order valence-corrected chi connectivity index (χ3v) is 4.54. The van der Waals surface area contributed by atoms with E-state index in [9.17, 15) is 0 Å². The van der Waals surface area contributed by atoms with Crippen LogP contribution < -0.4 is 5.32 Å². The Morgan fingerprint density at radius 2 is 1.95 bits per heavy atom. The fourth-order valence-electron chi connectivity index (χ4n) is 3.10. The first-order valence-corrected chi connectivity index (χ1v) is 8.25. The lowest BCUT2D eigenvalue weighted by Gasteiger charge is -2.24. The Morgan fingerprint density at radius 3 is 2.68 bits per heavy atom. The van der Waals surface area contributed by atoms with Crippen molar-refractivity contribution < 1.29 is 0 Å². The van der Waals surface area contributed by atoms with Crippen LogP contribution in [0.25, 0.3) is 11.1 Å². The van der Waals surface area contributed by atoms with Crippen molar-refractivity contribution in [1.82, 2.24) is 15.2 Å². The third kappa shape index (κ3) is 3.67. The predicted octanol–water partition coefficient (Wildman–Crippen LogP) is 3.76. The summed E-state index contributed by atoms with van der Waals surface area (Å²) in [5.41, 5.74) is 3.61. The highest BCUT2D eigenvalue weighted by molar-refractivity contribution is 6.29. The number of likely N-dealkylation sites (tertiary alicyclic amines) is 1. The lowest BCUT2D eigenvalue weighted by Crippen LogP contribution is -2.31. The van der Waals surface area contributed by atoms with Crippen molar-refractivity contribution in [2.75, 3.05) is 26.7 Å². The van der Waals surface area contributed by atoms with Gasteiger partial charge in [0.25, 0.3) is 0 Å². The van der Waals surface area contributed by atoms with Crippen LogP contribution in [-0.4, -0.2) is 36.6 Å². The molecule has 3 nitrogen and oxygen atoms in total. The van der Waals surface area contributed by atoms with Crippen LogP contribution in [0.5, 0.6) is 0 Å². The summed E-state index contributed by atoms with van der Waals surface area (Å²) in [5.74, 6) is 0. The molecule has 2 heterocycles. The van der Waals surface area contributed by atoms with Crippen molar-refractivity contribution in [3.05, 3.63) is 53.3 Å². The summed E-state index contributed by atoms with van der Waals surface area (Å²) in [6, 6.07) is 13.0. The Balaban J connectivity index is 1.82. The Hall–Kier alpha value is -1.42. The quantitative estimate of drug-likeness (QED) is 0.852. The zero-order valence-electron chi connectivity index (χ0n) is 12.9. The molecule has 22 heavy (non-hydrogen) atoms. The molecule has 1 aliphatic heterocycles. The lowest BCUT2D eigenvalue weighted by atomic mass is 10.00. The summed E-state index contributed by atoms with van der Waals surface area (Å²) in [6.45, 7) is 3.51. The van der Waals surface area contributed by atoms with Gasteiger partial charge in [0.2, 0.25) is 0 Å². The Bertz CT molecular complexity index is 623. The van der Waals surface area contributed by atoms with E-state index in [1.807, 2.05) is 19.2 Å². The summed E-state index contributed by atoms with van der Waals surface area (Å²) >= 11 is 6.01. The molecule has 0 amide bonds. The molecule has 116 valence electrons. The fraction of sp³-hybridized carbons (Fsp3) is 0.389. The molecular weight excluding hydrogens is 294 g/mol. The van der Waals surface area contributed by atoms with Crippen LogP contribution in [0.15, 0.2) is 42.6 Å². The number of aromatic nitrogens is 1. The highest BCUT2D eigenvalue weighted by Gasteiger charge is 2.18. The second kappa shape index (κ2) is 7.23. The molecular formula is C18H22ClN3. The second-order valence-electron chi connectivity index (χ2n) is 5.84. The first-order chi connectivity index (χ1) is 10.8. The summed E-state index contributed by atoms with van der Waals surface area (Å²) < 4.78 is 0. The summed E-state index contributed by atoms with van der Waals surface area (Å²) in [7, 11) is 2.04. The van der Waals surface area contributed by atoms with Gasteiger partial charge in [0.05, 0.1) is 0 Å². The van der Waals surface area contributed by atoms with Crippen LogP contribution in [0.3, 0.4) is 0 Å². The number of rotatable bonds is 5. The molecule has 0 radical (unpaired) electrons. The van der Waals surface area contributed by atoms with Gasteiger partial charge in [-0.1, -0.05) is 29.8 Å². The van der Waals surface area contributed by atoms with Crippen LogP contribution in [0, 0.1) is 0 Å². The van der Waals surface area contributed by atoms with Crippen LogP contribution in [-0.2, 0) is 0 Å². The number of nitrogens with one attached hydrogen (secondary N) is 1. The van der Waals surface area contributed by atoms with Gasteiger partial charge < -0.3 is 10.2 Å². The van der Waals surface area contributed by atoms with E-state index in [-0.39, 0.29) is 0 Å². The van der Waals surface area contributed by atoms with E-state index in [0.717, 1.165) is 12.1 Å². The monoisotopic (exact) mass is 315 g/mol. The number of hydrogen-bond donors (Lipinski definition) is 1. The van der Waals surface area contributed by atoms with Crippen molar-refractivity contribution >= 4 is 11.6 Å². The summed E-state index contributed by atoms with van der Waals surface area (Å²) in [4.78, 5) is 6.59. The molecule has 1 N–H and O–H groups in total. The van der Waals surface area contributed by atoms with Crippen molar-refractivity contribution in [2.24, 2.45) is 0 Å². The maximum Gasteiger partial charge on any atom is 0.129 e. The van der Waals surface area contributed by atoms with Gasteiger partial charge in [-0.15, -0.1) is 0 Å². The molecule has 0 spiro atoms. The van der Waals surface area contributed by atoms with Gasteiger partial charge in [-0.3, -0.25) is 0 Å². The number of nitrogens with zero attached hydrogens (tertiary/aromatic N) is 2. The van der Waals surface area contributed by atoms with E-state index >= 15 is 0 Å². The molecule has 1 fully saturated rings. The van der Waals surface area contributed by atoms with Crippen molar-refractivity contribution in [2.45, 2.75) is 18.9 Å². The average Bonchev–Trinajstić information content (AvgIpc) is 3.06. The minimum atomic E-state index is 0.357. The third-order valence-electron chi connectivity index (χ3n) is 4.34. The number of likely N-dealkylation sites (N-methyl/N-ethyl adjacent to an activating group) is 1. The molecule has 1 aromatic heterocycles. The summed E-state index contributed by atoms with van der Waals surface area (Å²) in [5, 5.41) is 3.99. The van der Waals surface area contributed by atoms with E-state index in [2.05, 4.69) is 39.5 Å². The normalized spacial score (nSPS) is 16.8. The van der Waals surface area contributed by atoms with E-state index in [1.165, 1.54) is 37.1 Å². The Kier molecular flexibility index (Phi) is 5.08. The minimum absolute atomic E-state index is 0.357. The molecule has 1 aromatic carbocycles. The van der Waals surface area contributed by atoms with Crippen molar-refractivity contribution in [1.29, 1.82) is 0 Å². The van der Waals surface area contributed by atoms with E-state index in [0.29, 0.717) is 11.2 Å². The molecule has 3 rings (SSSR count). The topological polar surface area (TPSA) is 28.2 Å². The zero-order chi connectivity index (χ0) is 15.4. The highest BCUT2D eigenvalue weighted by Crippen LogP contribution is 2.25. The molecule has 0 aliphatic carbocycles. The Labute approximate surface area is 137 Å². The molecule has 0 saturated carbocycles. The second-order valence-corrected chi connectivity index (χ2v) is 6.23. The van der Waals surface area contributed by atoms with E-state index < -0.39 is 0 Å². The minimum Gasteiger partial charge on any atom is -0.312 e. The first-order valence-electron chi connectivity index (χ1n) is 7.88. The van der Waals surface area contributed by atoms with E-state index in [4.69, 9.17) is 11.6 Å². The standard InChI is InChI=1S/C18H22ClN3/c1-20-17(13-22-9-2-3-10-22)16-6-4-5-14(11-16)15-7-8-21-18(19)12-15/h4-8,11-12,17,20H,2-3,9-10,13H2,1H3. The predicted molar refractivity (Wildman–Crippen MR) is 92.2 cm³/mol. The van der Waals surface area contributed by atoms with Crippen molar-refractivity contribution in [3.8, 4) is 11.1 Å². The highest BCUT2D eigenvalue weighted by atomic mass is 35.5. The molecule has 1 saturated heterocycles. The number of halogens is 1. The average molecular weight is 316 g/mol. The summed E-state index contributed by atoms with van der Waals surface area (Å²) in [6.07, 6.45) is 4.40. The van der Waals surface area contributed by atoms with Crippen molar-refractivity contribution in [3.63, 3.8) is 0 Å². The maximum absolute atomic E-state index is 6.01. The molecule has 1 atom stereocenters. The van der Waals surface area contributed by atoms with Gasteiger partial charge in [-0.25, -0.2) is 4.98 Å². The van der Waals surface area contributed by atoms with Gasteiger partial charge in [0.1, 0.15) is 5.15 Å². The van der Waals surface area contributed by atoms with Gasteiger partial charge in [0, 0.05) is 18.8 Å². The van der Waals surface area contributed by atoms with Crippen LogP contribution in [0.4, 0.5) is 0 Å². The smallest absolute Gasteiger partial charge is 0.129 e. The zero-order valence-corrected chi connectivity index (χ0v) is 13.7. The molecule has 1 aliphatic rings. The number of hydrogen-bond acceptors (Lipinski definition) is 3. The molecule has 1 unspecified atom stereocenters. The Morgan fingerprint density at radius 1 is 1.18 bits per heavy atom. The number of pyridine rings is 1. The van der Waals surface area contributed by atoms with Gasteiger partial charge in [-0.05, 0) is 67.9 Å². The van der Waals surface area contributed by atoms with Gasteiger partial charge >= 0.3 is 0 Å². The van der Waals surface area contributed by atoms with Crippen LogP contribution >= 0.6 is 11.6 Å².